The van der Waals surface area contributed by atoms with Gasteiger partial charge in [-0.2, -0.15) is 0 Å². The predicted molar refractivity (Wildman–Crippen MR) is 51.3 cm³/mol. The summed E-state index contributed by atoms with van der Waals surface area (Å²) >= 11 is 0. The standard InChI is InChI=1S/C10H19NO/c1-9(2)5-7-12-8-10-4-3-6-11-10/h10-11H,1,3-8H2,2H3. The van der Waals surface area contributed by atoms with Gasteiger partial charge in [-0.05, 0) is 32.7 Å². The van der Waals surface area contributed by atoms with Crippen LogP contribution in [-0.2, 0) is 4.74 Å². The van der Waals surface area contributed by atoms with Crippen LogP contribution in [-0.4, -0.2) is 25.8 Å². The van der Waals surface area contributed by atoms with Gasteiger partial charge in [-0.1, -0.05) is 5.57 Å². The number of hydrogen-bond acceptors (Lipinski definition) is 2. The zero-order valence-electron chi connectivity index (χ0n) is 7.94. The zero-order valence-corrected chi connectivity index (χ0v) is 7.94. The van der Waals surface area contributed by atoms with Crippen LogP contribution in [0.5, 0.6) is 0 Å². The Hall–Kier alpha value is -0.340. The summed E-state index contributed by atoms with van der Waals surface area (Å²) in [7, 11) is 0. The minimum Gasteiger partial charge on any atom is -0.380 e. The van der Waals surface area contributed by atoms with Crippen LogP contribution in [0.2, 0.25) is 0 Å². The Morgan fingerprint density at radius 2 is 2.50 bits per heavy atom. The zero-order chi connectivity index (χ0) is 8.81. The highest BCUT2D eigenvalue weighted by Crippen LogP contribution is 2.05. The van der Waals surface area contributed by atoms with Crippen molar-refractivity contribution < 1.29 is 4.74 Å². The molecule has 0 saturated carbocycles. The van der Waals surface area contributed by atoms with E-state index in [1.807, 2.05) is 6.92 Å². The van der Waals surface area contributed by atoms with E-state index >= 15 is 0 Å². The molecule has 1 atom stereocenters. The van der Waals surface area contributed by atoms with E-state index in [1.165, 1.54) is 18.4 Å². The van der Waals surface area contributed by atoms with Gasteiger partial charge >= 0.3 is 0 Å². The first-order chi connectivity index (χ1) is 5.79. The second kappa shape index (κ2) is 5.33. The van der Waals surface area contributed by atoms with Crippen molar-refractivity contribution in [1.82, 2.24) is 5.32 Å². The van der Waals surface area contributed by atoms with Gasteiger partial charge < -0.3 is 10.1 Å². The van der Waals surface area contributed by atoms with Crippen molar-refractivity contribution in [3.05, 3.63) is 12.2 Å². The third-order valence-electron chi connectivity index (χ3n) is 2.15. The van der Waals surface area contributed by atoms with Crippen LogP contribution < -0.4 is 5.32 Å². The fourth-order valence-electron chi connectivity index (χ4n) is 1.37. The summed E-state index contributed by atoms with van der Waals surface area (Å²) in [5.74, 6) is 0. The van der Waals surface area contributed by atoms with Crippen LogP contribution in [0.15, 0.2) is 12.2 Å². The van der Waals surface area contributed by atoms with Crippen LogP contribution in [0.25, 0.3) is 0 Å². The highest BCUT2D eigenvalue weighted by atomic mass is 16.5. The third kappa shape index (κ3) is 3.88. The van der Waals surface area contributed by atoms with Gasteiger partial charge in [0.2, 0.25) is 0 Å². The summed E-state index contributed by atoms with van der Waals surface area (Å²) in [6.45, 7) is 8.72. The molecule has 1 unspecified atom stereocenters. The molecule has 0 spiro atoms. The van der Waals surface area contributed by atoms with Crippen molar-refractivity contribution in [3.8, 4) is 0 Å². The molecule has 1 N–H and O–H groups in total. The first-order valence-electron chi connectivity index (χ1n) is 4.74. The maximum atomic E-state index is 5.51. The Balaban J connectivity index is 1.91. The second-order valence-electron chi connectivity index (χ2n) is 3.58. The average molecular weight is 169 g/mol. The maximum Gasteiger partial charge on any atom is 0.0619 e. The van der Waals surface area contributed by atoms with E-state index in [0.717, 1.165) is 26.2 Å². The lowest BCUT2D eigenvalue weighted by Gasteiger charge is -2.10. The third-order valence-corrected chi connectivity index (χ3v) is 2.15. The summed E-state index contributed by atoms with van der Waals surface area (Å²) in [5.41, 5.74) is 1.20. The lowest BCUT2D eigenvalue weighted by atomic mass is 10.2. The molecule has 0 radical (unpaired) electrons. The minimum atomic E-state index is 0.607. The van der Waals surface area contributed by atoms with Crippen molar-refractivity contribution in [3.63, 3.8) is 0 Å². The number of ether oxygens (including phenoxy) is 1. The molecular formula is C10H19NO. The fraction of sp³-hybridized carbons (Fsp3) is 0.800. The van der Waals surface area contributed by atoms with Gasteiger partial charge in [0.15, 0.2) is 0 Å². The van der Waals surface area contributed by atoms with Crippen molar-refractivity contribution in [2.24, 2.45) is 0 Å². The monoisotopic (exact) mass is 169 g/mol. The van der Waals surface area contributed by atoms with Crippen molar-refractivity contribution in [2.75, 3.05) is 19.8 Å². The topological polar surface area (TPSA) is 21.3 Å². The van der Waals surface area contributed by atoms with Gasteiger partial charge in [0.25, 0.3) is 0 Å². The molecule has 1 heterocycles. The molecule has 0 bridgehead atoms. The van der Waals surface area contributed by atoms with Crippen LogP contribution >= 0.6 is 0 Å². The Bertz CT molecular complexity index is 139. The lowest BCUT2D eigenvalue weighted by Crippen LogP contribution is -2.26. The summed E-state index contributed by atoms with van der Waals surface area (Å²) in [4.78, 5) is 0. The lowest BCUT2D eigenvalue weighted by molar-refractivity contribution is 0.119. The molecule has 2 nitrogen and oxygen atoms in total. The summed E-state index contributed by atoms with van der Waals surface area (Å²) < 4.78 is 5.51. The van der Waals surface area contributed by atoms with Gasteiger partial charge in [-0.25, -0.2) is 0 Å². The Labute approximate surface area is 75.0 Å². The van der Waals surface area contributed by atoms with Gasteiger partial charge in [-0.3, -0.25) is 0 Å². The van der Waals surface area contributed by atoms with Gasteiger partial charge in [-0.15, -0.1) is 6.58 Å². The summed E-state index contributed by atoms with van der Waals surface area (Å²) in [6, 6.07) is 0.607. The molecular weight excluding hydrogens is 150 g/mol. The molecule has 1 aliphatic heterocycles. The van der Waals surface area contributed by atoms with Crippen LogP contribution in [0.1, 0.15) is 26.2 Å². The Morgan fingerprint density at radius 1 is 1.67 bits per heavy atom. The quantitative estimate of drug-likeness (QED) is 0.500. The van der Waals surface area contributed by atoms with Crippen molar-refractivity contribution in [2.45, 2.75) is 32.2 Å². The molecule has 0 aromatic carbocycles. The predicted octanol–water partition coefficient (Wildman–Crippen LogP) is 1.72. The second-order valence-corrected chi connectivity index (χ2v) is 3.58. The maximum absolute atomic E-state index is 5.51. The van der Waals surface area contributed by atoms with E-state index in [1.54, 1.807) is 0 Å². The molecule has 0 aromatic heterocycles. The largest absolute Gasteiger partial charge is 0.380 e. The number of nitrogens with one attached hydrogen (secondary N) is 1. The van der Waals surface area contributed by atoms with E-state index in [2.05, 4.69) is 11.9 Å². The van der Waals surface area contributed by atoms with E-state index in [-0.39, 0.29) is 0 Å². The highest BCUT2D eigenvalue weighted by molar-refractivity contribution is 4.87. The molecule has 2 heteroatoms. The SMILES string of the molecule is C=C(C)CCOCC1CCCN1. The molecule has 1 aliphatic rings. The first-order valence-corrected chi connectivity index (χ1v) is 4.74. The number of rotatable bonds is 5. The normalized spacial score (nSPS) is 22.9. The fourth-order valence-corrected chi connectivity index (χ4v) is 1.37. The smallest absolute Gasteiger partial charge is 0.0619 e. The molecule has 0 amide bonds. The van der Waals surface area contributed by atoms with E-state index in [0.29, 0.717) is 6.04 Å². The van der Waals surface area contributed by atoms with E-state index in [9.17, 15) is 0 Å². The minimum absolute atomic E-state index is 0.607. The molecule has 1 saturated heterocycles. The first kappa shape index (κ1) is 9.75. The van der Waals surface area contributed by atoms with E-state index in [4.69, 9.17) is 4.74 Å². The van der Waals surface area contributed by atoms with Gasteiger partial charge in [0.05, 0.1) is 13.2 Å². The van der Waals surface area contributed by atoms with Crippen molar-refractivity contribution in [1.29, 1.82) is 0 Å². The van der Waals surface area contributed by atoms with Gasteiger partial charge in [0.1, 0.15) is 0 Å². The molecule has 1 rings (SSSR count). The van der Waals surface area contributed by atoms with Gasteiger partial charge in [0, 0.05) is 6.04 Å². The Morgan fingerprint density at radius 3 is 3.08 bits per heavy atom. The Kier molecular flexibility index (Phi) is 4.33. The van der Waals surface area contributed by atoms with E-state index < -0.39 is 0 Å². The highest BCUT2D eigenvalue weighted by Gasteiger charge is 2.12. The van der Waals surface area contributed by atoms with Crippen LogP contribution in [0, 0.1) is 0 Å². The molecule has 70 valence electrons. The summed E-state index contributed by atoms with van der Waals surface area (Å²) in [5, 5.41) is 3.40. The average Bonchev–Trinajstić information content (AvgIpc) is 2.49. The molecule has 12 heavy (non-hydrogen) atoms. The summed E-state index contributed by atoms with van der Waals surface area (Å²) in [6.07, 6.45) is 3.56. The molecule has 0 aromatic rings. The number of hydrogen-bond donors (Lipinski definition) is 1. The van der Waals surface area contributed by atoms with Crippen LogP contribution in [0.4, 0.5) is 0 Å². The van der Waals surface area contributed by atoms with Crippen molar-refractivity contribution >= 4 is 0 Å². The molecule has 0 aliphatic carbocycles. The van der Waals surface area contributed by atoms with Crippen LogP contribution in [0.3, 0.4) is 0 Å². The molecule has 1 fully saturated rings.